The molecule has 0 aliphatic carbocycles. The minimum atomic E-state index is -0.627. The number of furan rings is 1. The van der Waals surface area contributed by atoms with Gasteiger partial charge >= 0.3 is 0 Å². The first-order valence-electron chi connectivity index (χ1n) is 4.69. The highest BCUT2D eigenvalue weighted by Crippen LogP contribution is 2.18. The summed E-state index contributed by atoms with van der Waals surface area (Å²) in [5.41, 5.74) is -0.345. The van der Waals surface area contributed by atoms with Gasteiger partial charge < -0.3 is 14.8 Å². The number of hydrogen-bond acceptors (Lipinski definition) is 3. The summed E-state index contributed by atoms with van der Waals surface area (Å²) in [6.45, 7) is 3.52. The van der Waals surface area contributed by atoms with Crippen LogP contribution in [0.2, 0.25) is 5.22 Å². The van der Waals surface area contributed by atoms with Crippen molar-refractivity contribution in [1.29, 1.82) is 0 Å². The fraction of sp³-hybridized carbons (Fsp3) is 0.500. The summed E-state index contributed by atoms with van der Waals surface area (Å²) in [7, 11) is 0. The molecule has 4 nitrogen and oxygen atoms in total. The van der Waals surface area contributed by atoms with E-state index in [1.807, 2.05) is 6.92 Å². The van der Waals surface area contributed by atoms with Gasteiger partial charge in [0.25, 0.3) is 5.91 Å². The minimum Gasteiger partial charge on any atom is -0.452 e. The summed E-state index contributed by atoms with van der Waals surface area (Å²) in [5.74, 6) is -0.341. The lowest BCUT2D eigenvalue weighted by Crippen LogP contribution is -2.48. The van der Waals surface area contributed by atoms with Gasteiger partial charge in [-0.25, -0.2) is 0 Å². The van der Waals surface area contributed by atoms with Crippen LogP contribution in [0.1, 0.15) is 30.6 Å². The van der Waals surface area contributed by atoms with E-state index in [1.54, 1.807) is 6.92 Å². The monoisotopic (exact) mass is 231 g/mol. The Morgan fingerprint density at radius 1 is 1.73 bits per heavy atom. The van der Waals surface area contributed by atoms with E-state index >= 15 is 0 Å². The van der Waals surface area contributed by atoms with Crippen LogP contribution >= 0.6 is 11.6 Å². The molecule has 2 N–H and O–H groups in total. The maximum Gasteiger partial charge on any atom is 0.256 e. The molecule has 0 aliphatic heterocycles. The van der Waals surface area contributed by atoms with Gasteiger partial charge in [0.2, 0.25) is 5.22 Å². The van der Waals surface area contributed by atoms with Crippen molar-refractivity contribution >= 4 is 17.5 Å². The molecule has 84 valence electrons. The van der Waals surface area contributed by atoms with Crippen LogP contribution in [0, 0.1) is 0 Å². The number of carbonyl (C=O) groups excluding carboxylic acids is 1. The minimum absolute atomic E-state index is 0.0592. The summed E-state index contributed by atoms with van der Waals surface area (Å²) in [6.07, 6.45) is 1.98. The molecule has 1 unspecified atom stereocenters. The average Bonchev–Trinajstić information content (AvgIpc) is 2.64. The Labute approximate surface area is 93.2 Å². The SMILES string of the molecule is CCC(C)(CO)NC(=O)c1ccoc1Cl. The van der Waals surface area contributed by atoms with Crippen molar-refractivity contribution in [3.8, 4) is 0 Å². The quantitative estimate of drug-likeness (QED) is 0.831. The average molecular weight is 232 g/mol. The molecule has 1 rings (SSSR count). The lowest BCUT2D eigenvalue weighted by Gasteiger charge is -2.26. The van der Waals surface area contributed by atoms with Gasteiger partial charge in [-0.15, -0.1) is 0 Å². The number of aliphatic hydroxyl groups is 1. The van der Waals surface area contributed by atoms with Crippen LogP contribution in [0.25, 0.3) is 0 Å². The van der Waals surface area contributed by atoms with E-state index in [2.05, 4.69) is 5.32 Å². The summed E-state index contributed by atoms with van der Waals surface area (Å²) < 4.78 is 4.81. The van der Waals surface area contributed by atoms with E-state index in [9.17, 15) is 4.79 Å². The molecule has 1 aromatic rings. The van der Waals surface area contributed by atoms with E-state index in [1.165, 1.54) is 12.3 Å². The summed E-state index contributed by atoms with van der Waals surface area (Å²) >= 11 is 5.66. The number of carbonyl (C=O) groups is 1. The second kappa shape index (κ2) is 4.68. The van der Waals surface area contributed by atoms with Crippen molar-refractivity contribution in [1.82, 2.24) is 5.32 Å². The highest BCUT2D eigenvalue weighted by Gasteiger charge is 2.25. The number of nitrogens with one attached hydrogen (secondary N) is 1. The maximum atomic E-state index is 11.7. The van der Waals surface area contributed by atoms with Crippen molar-refractivity contribution in [2.45, 2.75) is 25.8 Å². The van der Waals surface area contributed by atoms with Gasteiger partial charge in [-0.05, 0) is 31.0 Å². The maximum absolute atomic E-state index is 11.7. The third kappa shape index (κ3) is 2.73. The first kappa shape index (κ1) is 12.1. The molecule has 0 bridgehead atoms. The first-order chi connectivity index (χ1) is 7.02. The number of amides is 1. The number of halogens is 1. The second-order valence-electron chi connectivity index (χ2n) is 3.63. The van der Waals surface area contributed by atoms with Gasteiger partial charge in [-0.1, -0.05) is 6.92 Å². The number of hydrogen-bond donors (Lipinski definition) is 2. The molecular weight excluding hydrogens is 218 g/mol. The Balaban J connectivity index is 2.76. The molecule has 0 aromatic carbocycles. The fourth-order valence-electron chi connectivity index (χ4n) is 1.04. The molecule has 1 aromatic heterocycles. The standard InChI is InChI=1S/C10H14ClNO3/c1-3-10(2,6-13)12-9(14)7-4-5-15-8(7)11/h4-5,13H,3,6H2,1-2H3,(H,12,14). The van der Waals surface area contributed by atoms with Gasteiger partial charge in [-0.2, -0.15) is 0 Å². The molecule has 0 saturated heterocycles. The largest absolute Gasteiger partial charge is 0.452 e. The predicted molar refractivity (Wildman–Crippen MR) is 57.0 cm³/mol. The van der Waals surface area contributed by atoms with Gasteiger partial charge in [0.1, 0.15) is 0 Å². The lowest BCUT2D eigenvalue weighted by atomic mass is 10.00. The van der Waals surface area contributed by atoms with E-state index < -0.39 is 5.54 Å². The van der Waals surface area contributed by atoms with Gasteiger partial charge in [0.15, 0.2) is 0 Å². The highest BCUT2D eigenvalue weighted by molar-refractivity contribution is 6.32. The molecule has 5 heteroatoms. The summed E-state index contributed by atoms with van der Waals surface area (Å²) in [6, 6.07) is 1.49. The van der Waals surface area contributed by atoms with Crippen LogP contribution in [0.15, 0.2) is 16.7 Å². The van der Waals surface area contributed by atoms with Gasteiger partial charge in [0, 0.05) is 0 Å². The van der Waals surface area contributed by atoms with Crippen LogP contribution in [-0.4, -0.2) is 23.2 Å². The van der Waals surface area contributed by atoms with Crippen LogP contribution in [0.5, 0.6) is 0 Å². The Kier molecular flexibility index (Phi) is 3.77. The molecule has 1 atom stereocenters. The van der Waals surface area contributed by atoms with Crippen molar-refractivity contribution < 1.29 is 14.3 Å². The molecule has 0 saturated carbocycles. The lowest BCUT2D eigenvalue weighted by molar-refractivity contribution is 0.0847. The predicted octanol–water partition coefficient (Wildman–Crippen LogP) is 1.82. The topological polar surface area (TPSA) is 62.5 Å². The Morgan fingerprint density at radius 3 is 2.80 bits per heavy atom. The number of rotatable bonds is 4. The van der Waals surface area contributed by atoms with E-state index in [0.29, 0.717) is 6.42 Å². The molecule has 0 aliphatic rings. The van der Waals surface area contributed by atoms with Crippen molar-refractivity contribution in [2.75, 3.05) is 6.61 Å². The molecule has 1 heterocycles. The second-order valence-corrected chi connectivity index (χ2v) is 3.98. The van der Waals surface area contributed by atoms with Crippen molar-refractivity contribution in [2.24, 2.45) is 0 Å². The van der Waals surface area contributed by atoms with Crippen LogP contribution in [-0.2, 0) is 0 Å². The Bertz CT molecular complexity index is 344. The Hall–Kier alpha value is -1.00. The van der Waals surface area contributed by atoms with E-state index in [0.717, 1.165) is 0 Å². The smallest absolute Gasteiger partial charge is 0.256 e. The summed E-state index contributed by atoms with van der Waals surface area (Å²) in [4.78, 5) is 11.7. The van der Waals surface area contributed by atoms with Crippen LogP contribution < -0.4 is 5.32 Å². The Morgan fingerprint density at radius 2 is 2.40 bits per heavy atom. The third-order valence-corrected chi connectivity index (χ3v) is 2.70. The molecule has 0 spiro atoms. The van der Waals surface area contributed by atoms with Crippen molar-refractivity contribution in [3.05, 3.63) is 23.1 Å². The fourth-order valence-corrected chi connectivity index (χ4v) is 1.24. The zero-order chi connectivity index (χ0) is 11.5. The van der Waals surface area contributed by atoms with Gasteiger partial charge in [-0.3, -0.25) is 4.79 Å². The number of aliphatic hydroxyl groups excluding tert-OH is 1. The van der Waals surface area contributed by atoms with Crippen LogP contribution in [0.3, 0.4) is 0 Å². The molecule has 1 amide bonds. The highest BCUT2D eigenvalue weighted by atomic mass is 35.5. The van der Waals surface area contributed by atoms with Crippen molar-refractivity contribution in [3.63, 3.8) is 0 Å². The molecule has 0 fully saturated rings. The van der Waals surface area contributed by atoms with Crippen LogP contribution in [0.4, 0.5) is 0 Å². The third-order valence-electron chi connectivity index (χ3n) is 2.41. The normalized spacial score (nSPS) is 14.7. The summed E-state index contributed by atoms with van der Waals surface area (Å²) in [5, 5.41) is 11.9. The zero-order valence-corrected chi connectivity index (χ0v) is 9.47. The van der Waals surface area contributed by atoms with E-state index in [-0.39, 0.29) is 23.3 Å². The zero-order valence-electron chi connectivity index (χ0n) is 8.71. The molecule has 15 heavy (non-hydrogen) atoms. The molecule has 0 radical (unpaired) electrons. The van der Waals surface area contributed by atoms with E-state index in [4.69, 9.17) is 21.1 Å². The van der Waals surface area contributed by atoms with Gasteiger partial charge in [0.05, 0.1) is 24.0 Å². The first-order valence-corrected chi connectivity index (χ1v) is 5.06. The molecular formula is C10H14ClNO3.